The summed E-state index contributed by atoms with van der Waals surface area (Å²) in [4.78, 5) is 18.4. The molecule has 0 saturated carbocycles. The Kier molecular flexibility index (Phi) is 5.82. The van der Waals surface area contributed by atoms with Crippen LogP contribution in [0, 0.1) is 0 Å². The number of benzene rings is 1. The van der Waals surface area contributed by atoms with Crippen LogP contribution in [-0.2, 0) is 0 Å². The van der Waals surface area contributed by atoms with Crippen molar-refractivity contribution in [2.45, 2.75) is 12.5 Å². The Morgan fingerprint density at radius 2 is 1.96 bits per heavy atom. The molecule has 2 heterocycles. The van der Waals surface area contributed by atoms with E-state index in [9.17, 15) is 4.79 Å². The number of halogens is 1. The van der Waals surface area contributed by atoms with Gasteiger partial charge in [0.2, 0.25) is 5.88 Å². The summed E-state index contributed by atoms with van der Waals surface area (Å²) in [7, 11) is 3.14. The minimum Gasteiger partial charge on any atom is -0.497 e. The standard InChI is InChI=1S/C18H20BrN3O4/c1-24-15-7-13(8-16(9-15)25-2)21-18(23)22-6-5-14(11-22)26-17-4-3-12(19)10-20-17/h3-4,7-10,14H,5-6,11H2,1-2H3,(H,21,23). The average molecular weight is 422 g/mol. The highest BCUT2D eigenvalue weighted by Gasteiger charge is 2.28. The molecular weight excluding hydrogens is 402 g/mol. The molecule has 1 fully saturated rings. The summed E-state index contributed by atoms with van der Waals surface area (Å²) in [6.45, 7) is 1.12. The van der Waals surface area contributed by atoms with Gasteiger partial charge in [0, 0.05) is 53.6 Å². The average Bonchev–Trinajstić information content (AvgIpc) is 3.12. The second kappa shape index (κ2) is 8.27. The van der Waals surface area contributed by atoms with Crippen LogP contribution in [0.15, 0.2) is 41.0 Å². The molecule has 1 aliphatic rings. The van der Waals surface area contributed by atoms with Gasteiger partial charge in [-0.3, -0.25) is 0 Å². The third-order valence-corrected chi connectivity index (χ3v) is 4.49. The lowest BCUT2D eigenvalue weighted by Crippen LogP contribution is -2.34. The van der Waals surface area contributed by atoms with Crippen molar-refractivity contribution in [3.8, 4) is 17.4 Å². The van der Waals surface area contributed by atoms with Crippen molar-refractivity contribution in [2.75, 3.05) is 32.6 Å². The van der Waals surface area contributed by atoms with Crippen molar-refractivity contribution in [1.82, 2.24) is 9.88 Å². The fraction of sp³-hybridized carbons (Fsp3) is 0.333. The Hall–Kier alpha value is -2.48. The number of hydrogen-bond acceptors (Lipinski definition) is 5. The quantitative estimate of drug-likeness (QED) is 0.798. The van der Waals surface area contributed by atoms with Crippen molar-refractivity contribution in [3.05, 3.63) is 41.0 Å². The van der Waals surface area contributed by atoms with Crippen molar-refractivity contribution < 1.29 is 19.0 Å². The normalized spacial score (nSPS) is 16.3. The third kappa shape index (κ3) is 4.57. The molecule has 26 heavy (non-hydrogen) atoms. The first-order valence-corrected chi connectivity index (χ1v) is 8.94. The number of aromatic nitrogens is 1. The molecule has 2 aromatic rings. The highest BCUT2D eigenvalue weighted by molar-refractivity contribution is 9.10. The number of nitrogens with one attached hydrogen (secondary N) is 1. The maximum Gasteiger partial charge on any atom is 0.321 e. The van der Waals surface area contributed by atoms with Gasteiger partial charge in [0.1, 0.15) is 17.6 Å². The maximum atomic E-state index is 12.5. The molecule has 7 nitrogen and oxygen atoms in total. The Morgan fingerprint density at radius 3 is 2.58 bits per heavy atom. The minimum absolute atomic E-state index is 0.0747. The molecule has 1 unspecified atom stereocenters. The van der Waals surface area contributed by atoms with E-state index in [4.69, 9.17) is 14.2 Å². The Balaban J connectivity index is 1.58. The molecule has 0 radical (unpaired) electrons. The van der Waals surface area contributed by atoms with Gasteiger partial charge in [-0.1, -0.05) is 0 Å². The van der Waals surface area contributed by atoms with Gasteiger partial charge in [0.15, 0.2) is 0 Å². The van der Waals surface area contributed by atoms with E-state index in [0.717, 1.165) is 10.9 Å². The fourth-order valence-electron chi connectivity index (χ4n) is 2.69. The molecular formula is C18H20BrN3O4. The van der Waals surface area contributed by atoms with E-state index in [-0.39, 0.29) is 12.1 Å². The van der Waals surface area contributed by atoms with E-state index in [1.165, 1.54) is 0 Å². The van der Waals surface area contributed by atoms with Crippen LogP contribution in [0.3, 0.4) is 0 Å². The fourth-order valence-corrected chi connectivity index (χ4v) is 2.93. The Morgan fingerprint density at radius 1 is 1.23 bits per heavy atom. The molecule has 1 saturated heterocycles. The Labute approximate surface area is 160 Å². The van der Waals surface area contributed by atoms with Gasteiger partial charge < -0.3 is 24.4 Å². The van der Waals surface area contributed by atoms with Crippen molar-refractivity contribution in [3.63, 3.8) is 0 Å². The van der Waals surface area contributed by atoms with Crippen LogP contribution in [0.5, 0.6) is 17.4 Å². The number of carbonyl (C=O) groups excluding carboxylic acids is 1. The lowest BCUT2D eigenvalue weighted by atomic mass is 10.3. The minimum atomic E-state index is -0.185. The van der Waals surface area contributed by atoms with Gasteiger partial charge in [-0.15, -0.1) is 0 Å². The number of urea groups is 1. The predicted octanol–water partition coefficient (Wildman–Crippen LogP) is 3.55. The number of rotatable bonds is 5. The van der Waals surface area contributed by atoms with Gasteiger partial charge in [-0.2, -0.15) is 0 Å². The van der Waals surface area contributed by atoms with Crippen LogP contribution in [0.25, 0.3) is 0 Å². The van der Waals surface area contributed by atoms with Crippen molar-refractivity contribution in [1.29, 1.82) is 0 Å². The second-order valence-corrected chi connectivity index (χ2v) is 6.74. The van der Waals surface area contributed by atoms with Gasteiger partial charge in [0.05, 0.1) is 20.8 Å². The summed E-state index contributed by atoms with van der Waals surface area (Å²) in [5.41, 5.74) is 0.616. The second-order valence-electron chi connectivity index (χ2n) is 5.82. The first-order valence-electron chi connectivity index (χ1n) is 8.14. The van der Waals surface area contributed by atoms with Gasteiger partial charge in [0.25, 0.3) is 0 Å². The number of hydrogen-bond donors (Lipinski definition) is 1. The van der Waals surface area contributed by atoms with Crippen molar-refractivity contribution in [2.24, 2.45) is 0 Å². The van der Waals surface area contributed by atoms with E-state index in [0.29, 0.717) is 36.2 Å². The number of methoxy groups -OCH3 is 2. The zero-order valence-corrected chi connectivity index (χ0v) is 16.2. The monoisotopic (exact) mass is 421 g/mol. The van der Waals surface area contributed by atoms with Crippen LogP contribution in [0.1, 0.15) is 6.42 Å². The molecule has 0 spiro atoms. The topological polar surface area (TPSA) is 72.9 Å². The molecule has 1 N–H and O–H groups in total. The molecule has 1 aliphatic heterocycles. The number of amides is 2. The van der Waals surface area contributed by atoms with Crippen LogP contribution >= 0.6 is 15.9 Å². The number of ether oxygens (including phenoxy) is 3. The zero-order chi connectivity index (χ0) is 18.5. The van der Waals surface area contributed by atoms with E-state index in [1.54, 1.807) is 49.6 Å². The molecule has 2 amide bonds. The molecule has 3 rings (SSSR count). The molecule has 1 aromatic heterocycles. The first kappa shape index (κ1) is 18.3. The molecule has 0 aliphatic carbocycles. The van der Waals surface area contributed by atoms with Crippen LogP contribution in [0.4, 0.5) is 10.5 Å². The SMILES string of the molecule is COc1cc(NC(=O)N2CCC(Oc3ccc(Br)cn3)C2)cc(OC)c1. The van der Waals surface area contributed by atoms with E-state index < -0.39 is 0 Å². The molecule has 8 heteroatoms. The predicted molar refractivity (Wildman–Crippen MR) is 101 cm³/mol. The smallest absolute Gasteiger partial charge is 0.321 e. The summed E-state index contributed by atoms with van der Waals surface area (Å²) in [6.07, 6.45) is 2.37. The van der Waals surface area contributed by atoms with Crippen LogP contribution in [-0.4, -0.2) is 49.3 Å². The summed E-state index contributed by atoms with van der Waals surface area (Å²) in [6, 6.07) is 8.73. The number of carbonyl (C=O) groups is 1. The largest absolute Gasteiger partial charge is 0.497 e. The lowest BCUT2D eigenvalue weighted by molar-refractivity contribution is 0.190. The summed E-state index contributed by atoms with van der Waals surface area (Å²) < 4.78 is 17.2. The highest BCUT2D eigenvalue weighted by atomic mass is 79.9. The van der Waals surface area contributed by atoms with E-state index in [2.05, 4.69) is 26.2 Å². The number of likely N-dealkylation sites (tertiary alicyclic amines) is 1. The van der Waals surface area contributed by atoms with Crippen LogP contribution in [0.2, 0.25) is 0 Å². The molecule has 0 bridgehead atoms. The molecule has 1 aromatic carbocycles. The van der Waals surface area contributed by atoms with E-state index in [1.807, 2.05) is 6.07 Å². The first-order chi connectivity index (χ1) is 12.6. The molecule has 138 valence electrons. The molecule has 1 atom stereocenters. The van der Waals surface area contributed by atoms with E-state index >= 15 is 0 Å². The third-order valence-electron chi connectivity index (χ3n) is 4.02. The zero-order valence-electron chi connectivity index (χ0n) is 14.6. The van der Waals surface area contributed by atoms with Crippen LogP contribution < -0.4 is 19.5 Å². The summed E-state index contributed by atoms with van der Waals surface area (Å²) >= 11 is 3.34. The number of nitrogens with zero attached hydrogens (tertiary/aromatic N) is 2. The van der Waals surface area contributed by atoms with Gasteiger partial charge in [-0.05, 0) is 22.0 Å². The number of pyridine rings is 1. The van der Waals surface area contributed by atoms with Gasteiger partial charge >= 0.3 is 6.03 Å². The summed E-state index contributed by atoms with van der Waals surface area (Å²) in [5.74, 6) is 1.78. The highest BCUT2D eigenvalue weighted by Crippen LogP contribution is 2.26. The Bertz CT molecular complexity index is 747. The van der Waals surface area contributed by atoms with Gasteiger partial charge in [-0.25, -0.2) is 9.78 Å². The lowest BCUT2D eigenvalue weighted by Gasteiger charge is -2.18. The number of anilines is 1. The van der Waals surface area contributed by atoms with Crippen molar-refractivity contribution >= 4 is 27.6 Å². The maximum absolute atomic E-state index is 12.5. The summed E-state index contributed by atoms with van der Waals surface area (Å²) in [5, 5.41) is 2.87.